The van der Waals surface area contributed by atoms with Gasteiger partial charge >= 0.3 is 0 Å². The number of nitrogens with two attached hydrogens (primary N) is 1. The number of hydrogen-bond donors (Lipinski definition) is 1. The van der Waals surface area contributed by atoms with Gasteiger partial charge in [0.1, 0.15) is 0 Å². The highest BCUT2D eigenvalue weighted by atomic mass is 32.1. The molecule has 1 heterocycles. The molecular formula is C9H13NOS. The van der Waals surface area contributed by atoms with Crippen molar-refractivity contribution < 1.29 is 4.79 Å². The molecule has 0 aliphatic rings. The van der Waals surface area contributed by atoms with E-state index < -0.39 is 0 Å². The lowest BCUT2D eigenvalue weighted by atomic mass is 10.2. The first-order valence-corrected chi connectivity index (χ1v) is 4.87. The van der Waals surface area contributed by atoms with Crippen molar-refractivity contribution in [3.05, 3.63) is 21.9 Å². The second-order valence-electron chi connectivity index (χ2n) is 2.64. The van der Waals surface area contributed by atoms with Gasteiger partial charge in [-0.1, -0.05) is 6.92 Å². The molecule has 3 heteroatoms. The van der Waals surface area contributed by atoms with E-state index in [0.717, 1.165) is 11.3 Å². The van der Waals surface area contributed by atoms with Crippen LogP contribution in [0.3, 0.4) is 0 Å². The van der Waals surface area contributed by atoms with Crippen molar-refractivity contribution in [2.45, 2.75) is 19.8 Å². The Morgan fingerprint density at radius 2 is 2.17 bits per heavy atom. The van der Waals surface area contributed by atoms with E-state index >= 15 is 0 Å². The Balaban J connectivity index is 2.58. The molecule has 0 saturated carbocycles. The van der Waals surface area contributed by atoms with Crippen LogP contribution in [0.15, 0.2) is 12.1 Å². The van der Waals surface area contributed by atoms with Crippen LogP contribution in [-0.2, 0) is 17.6 Å². The topological polar surface area (TPSA) is 43.1 Å². The van der Waals surface area contributed by atoms with Crippen LogP contribution in [0, 0.1) is 0 Å². The lowest BCUT2D eigenvalue weighted by molar-refractivity contribution is -0.117. The number of hydrogen-bond acceptors (Lipinski definition) is 3. The van der Waals surface area contributed by atoms with Gasteiger partial charge in [0.25, 0.3) is 0 Å². The van der Waals surface area contributed by atoms with Crippen LogP contribution in [0.25, 0.3) is 0 Å². The summed E-state index contributed by atoms with van der Waals surface area (Å²) in [4.78, 5) is 13.4. The zero-order valence-corrected chi connectivity index (χ0v) is 7.99. The summed E-state index contributed by atoms with van der Waals surface area (Å²) in [6, 6.07) is 4.08. The van der Waals surface area contributed by atoms with Gasteiger partial charge in [-0.05, 0) is 18.6 Å². The lowest BCUT2D eigenvalue weighted by Crippen LogP contribution is -2.14. The van der Waals surface area contributed by atoms with Crippen molar-refractivity contribution in [2.75, 3.05) is 6.54 Å². The largest absolute Gasteiger partial charge is 0.324 e. The van der Waals surface area contributed by atoms with Crippen molar-refractivity contribution in [3.63, 3.8) is 0 Å². The molecular weight excluding hydrogens is 170 g/mol. The summed E-state index contributed by atoms with van der Waals surface area (Å²) in [6.45, 7) is 2.26. The van der Waals surface area contributed by atoms with E-state index in [1.165, 1.54) is 4.88 Å². The third-order valence-electron chi connectivity index (χ3n) is 1.66. The summed E-state index contributed by atoms with van der Waals surface area (Å²) in [5.41, 5.74) is 5.21. The quantitative estimate of drug-likeness (QED) is 0.766. The maximum Gasteiger partial charge on any atom is 0.151 e. The molecule has 2 N–H and O–H groups in total. The number of thiophene rings is 1. The molecule has 0 aliphatic carbocycles. The van der Waals surface area contributed by atoms with E-state index in [4.69, 9.17) is 5.73 Å². The second kappa shape index (κ2) is 4.38. The Labute approximate surface area is 76.4 Å². The molecule has 0 unspecified atom stereocenters. The number of carbonyl (C=O) groups is 1. The normalized spacial score (nSPS) is 10.2. The van der Waals surface area contributed by atoms with Gasteiger partial charge < -0.3 is 5.73 Å². The van der Waals surface area contributed by atoms with Crippen molar-refractivity contribution in [1.29, 1.82) is 0 Å². The molecule has 0 bridgehead atoms. The highest BCUT2D eigenvalue weighted by Crippen LogP contribution is 2.17. The molecule has 0 fully saturated rings. The maximum absolute atomic E-state index is 11.0. The Hall–Kier alpha value is -0.670. The van der Waals surface area contributed by atoms with Gasteiger partial charge in [-0.2, -0.15) is 0 Å². The molecule has 0 saturated heterocycles. The Morgan fingerprint density at radius 1 is 1.50 bits per heavy atom. The van der Waals surface area contributed by atoms with E-state index in [2.05, 4.69) is 13.0 Å². The molecule has 0 amide bonds. The van der Waals surface area contributed by atoms with Crippen molar-refractivity contribution in [3.8, 4) is 0 Å². The highest BCUT2D eigenvalue weighted by Gasteiger charge is 2.03. The Morgan fingerprint density at radius 3 is 2.67 bits per heavy atom. The molecule has 1 aromatic heterocycles. The Kier molecular flexibility index (Phi) is 3.44. The van der Waals surface area contributed by atoms with E-state index in [1.54, 1.807) is 11.3 Å². The van der Waals surface area contributed by atoms with E-state index in [-0.39, 0.29) is 12.3 Å². The van der Waals surface area contributed by atoms with Gasteiger partial charge in [0.15, 0.2) is 5.78 Å². The standard InChI is InChI=1S/C9H13NOS/c1-2-8-3-4-9(12-8)5-7(11)6-10/h3-4H,2,5-6,10H2,1H3. The number of rotatable bonds is 4. The van der Waals surface area contributed by atoms with Crippen LogP contribution < -0.4 is 5.73 Å². The van der Waals surface area contributed by atoms with Crippen molar-refractivity contribution in [2.24, 2.45) is 5.73 Å². The summed E-state index contributed by atoms with van der Waals surface area (Å²) in [5, 5.41) is 0. The molecule has 1 rings (SSSR count). The van der Waals surface area contributed by atoms with Crippen molar-refractivity contribution in [1.82, 2.24) is 0 Å². The van der Waals surface area contributed by atoms with Gasteiger partial charge in [0.2, 0.25) is 0 Å². The van der Waals surface area contributed by atoms with Crippen LogP contribution in [-0.4, -0.2) is 12.3 Å². The summed E-state index contributed by atoms with van der Waals surface area (Å²) in [6.07, 6.45) is 1.54. The van der Waals surface area contributed by atoms with E-state index in [9.17, 15) is 4.79 Å². The average Bonchev–Trinajstić information content (AvgIpc) is 2.52. The van der Waals surface area contributed by atoms with Crippen LogP contribution in [0.5, 0.6) is 0 Å². The number of ketones is 1. The lowest BCUT2D eigenvalue weighted by Gasteiger charge is -1.92. The first kappa shape index (κ1) is 9.42. The van der Waals surface area contributed by atoms with Crippen LogP contribution in [0.1, 0.15) is 16.7 Å². The molecule has 0 aromatic carbocycles. The monoisotopic (exact) mass is 183 g/mol. The van der Waals surface area contributed by atoms with Gasteiger partial charge in [0, 0.05) is 16.2 Å². The minimum atomic E-state index is 0.111. The molecule has 0 spiro atoms. The zero-order chi connectivity index (χ0) is 8.97. The molecule has 0 aliphatic heterocycles. The number of aryl methyl sites for hydroxylation is 1. The SMILES string of the molecule is CCc1ccc(CC(=O)CN)s1. The minimum Gasteiger partial charge on any atom is -0.324 e. The fourth-order valence-electron chi connectivity index (χ4n) is 0.974. The van der Waals surface area contributed by atoms with Crippen molar-refractivity contribution >= 4 is 17.1 Å². The Bertz CT molecular complexity index is 267. The zero-order valence-electron chi connectivity index (χ0n) is 7.17. The molecule has 2 nitrogen and oxygen atoms in total. The van der Waals surface area contributed by atoms with Gasteiger partial charge in [0.05, 0.1) is 6.54 Å². The van der Waals surface area contributed by atoms with Gasteiger partial charge in [-0.25, -0.2) is 0 Å². The highest BCUT2D eigenvalue weighted by molar-refractivity contribution is 7.12. The smallest absolute Gasteiger partial charge is 0.151 e. The van der Waals surface area contributed by atoms with Crippen LogP contribution in [0.2, 0.25) is 0 Å². The average molecular weight is 183 g/mol. The first-order valence-electron chi connectivity index (χ1n) is 4.05. The summed E-state index contributed by atoms with van der Waals surface area (Å²) < 4.78 is 0. The summed E-state index contributed by atoms with van der Waals surface area (Å²) in [7, 11) is 0. The summed E-state index contributed by atoms with van der Waals surface area (Å²) in [5.74, 6) is 0.111. The summed E-state index contributed by atoms with van der Waals surface area (Å²) >= 11 is 1.70. The fourth-order valence-corrected chi connectivity index (χ4v) is 1.96. The fraction of sp³-hybridized carbons (Fsp3) is 0.444. The molecule has 66 valence electrons. The minimum absolute atomic E-state index is 0.111. The third-order valence-corrected chi connectivity index (χ3v) is 2.89. The van der Waals surface area contributed by atoms with Gasteiger partial charge in [-0.3, -0.25) is 4.79 Å². The van der Waals surface area contributed by atoms with Gasteiger partial charge in [-0.15, -0.1) is 11.3 Å². The van der Waals surface area contributed by atoms with E-state index in [1.807, 2.05) is 6.07 Å². The predicted molar refractivity (Wildman–Crippen MR) is 51.5 cm³/mol. The van der Waals surface area contributed by atoms with Crippen LogP contribution in [0.4, 0.5) is 0 Å². The molecule has 0 radical (unpaired) electrons. The maximum atomic E-state index is 11.0. The molecule has 0 atom stereocenters. The first-order chi connectivity index (χ1) is 5.76. The van der Waals surface area contributed by atoms with E-state index in [0.29, 0.717) is 6.42 Å². The van der Waals surface area contributed by atoms with Crippen LogP contribution >= 0.6 is 11.3 Å². The predicted octanol–water partition coefficient (Wildman–Crippen LogP) is 1.38. The molecule has 1 aromatic rings. The molecule has 12 heavy (non-hydrogen) atoms. The number of Topliss-reactive ketones (excluding diaryl/α,β-unsaturated/α-hetero) is 1. The second-order valence-corrected chi connectivity index (χ2v) is 3.89. The third kappa shape index (κ3) is 2.43. The number of carbonyl (C=O) groups excluding carboxylic acids is 1.